The number of nitrogens with two attached hydrogens (primary N) is 1. The number of aromatic nitrogens is 1. The van der Waals surface area contributed by atoms with E-state index in [-0.39, 0.29) is 0 Å². The number of hydrogen-bond acceptors (Lipinski definition) is 4. The van der Waals surface area contributed by atoms with Crippen molar-refractivity contribution in [2.75, 3.05) is 0 Å². The number of nitrogens with zero attached hydrogens (tertiary/aromatic N) is 2. The summed E-state index contributed by atoms with van der Waals surface area (Å²) >= 11 is 4.54. The molecule has 0 aliphatic heterocycles. The van der Waals surface area contributed by atoms with Crippen LogP contribution in [0.1, 0.15) is 11.0 Å². The molecule has 0 spiro atoms. The molecule has 1 atom stereocenters. The summed E-state index contributed by atoms with van der Waals surface area (Å²) in [6, 6.07) is 1.31. The van der Waals surface area contributed by atoms with Gasteiger partial charge in [-0.3, -0.25) is 0 Å². The first-order chi connectivity index (χ1) is 4.74. The second kappa shape index (κ2) is 3.10. The Kier molecular flexibility index (Phi) is 2.38. The molecule has 0 bridgehead atoms. The Morgan fingerprint density at radius 1 is 1.90 bits per heavy atom. The van der Waals surface area contributed by atoms with Gasteiger partial charge in [-0.1, -0.05) is 0 Å². The van der Waals surface area contributed by atoms with E-state index in [1.165, 1.54) is 11.3 Å². The predicted octanol–water partition coefficient (Wildman–Crippen LogP) is 1.43. The van der Waals surface area contributed by atoms with Crippen molar-refractivity contribution in [3.8, 4) is 6.07 Å². The van der Waals surface area contributed by atoms with Crippen LogP contribution in [0.15, 0.2) is 9.98 Å². The van der Waals surface area contributed by atoms with Crippen LogP contribution in [0.5, 0.6) is 0 Å². The minimum Gasteiger partial charge on any atom is -0.310 e. The molecule has 0 saturated heterocycles. The first kappa shape index (κ1) is 7.66. The molecule has 5 heteroatoms. The molecule has 1 aromatic rings. The average molecular weight is 218 g/mol. The summed E-state index contributed by atoms with van der Waals surface area (Å²) in [5.74, 6) is 0. The van der Waals surface area contributed by atoms with Crippen LogP contribution < -0.4 is 5.73 Å². The molecule has 0 fully saturated rings. The lowest BCUT2D eigenvalue weighted by atomic mass is 10.4. The summed E-state index contributed by atoms with van der Waals surface area (Å²) in [6.45, 7) is 0. The molecule has 10 heavy (non-hydrogen) atoms. The number of hydrogen-bond donors (Lipinski definition) is 1. The van der Waals surface area contributed by atoms with Gasteiger partial charge < -0.3 is 5.73 Å². The van der Waals surface area contributed by atoms with Crippen LogP contribution in [0.25, 0.3) is 0 Å². The zero-order valence-electron chi connectivity index (χ0n) is 4.91. The lowest BCUT2D eigenvalue weighted by molar-refractivity contribution is 0.905. The van der Waals surface area contributed by atoms with Crippen LogP contribution in [0, 0.1) is 11.3 Å². The molecule has 0 aliphatic rings. The molecule has 0 saturated carbocycles. The topological polar surface area (TPSA) is 62.7 Å². The van der Waals surface area contributed by atoms with Crippen molar-refractivity contribution in [2.24, 2.45) is 5.73 Å². The fourth-order valence-corrected chi connectivity index (χ4v) is 1.67. The SMILES string of the molecule is N#CC(N)c1nc(Br)cs1. The van der Waals surface area contributed by atoms with Crippen molar-refractivity contribution >= 4 is 27.3 Å². The minimum atomic E-state index is -0.587. The van der Waals surface area contributed by atoms with Gasteiger partial charge >= 0.3 is 0 Å². The van der Waals surface area contributed by atoms with E-state index in [2.05, 4.69) is 20.9 Å². The van der Waals surface area contributed by atoms with Crippen molar-refractivity contribution < 1.29 is 0 Å². The fraction of sp³-hybridized carbons (Fsp3) is 0.200. The summed E-state index contributed by atoms with van der Waals surface area (Å²) in [5.41, 5.74) is 5.37. The number of nitriles is 1. The van der Waals surface area contributed by atoms with Crippen LogP contribution in [-0.4, -0.2) is 4.98 Å². The van der Waals surface area contributed by atoms with Crippen molar-refractivity contribution in [2.45, 2.75) is 6.04 Å². The Balaban J connectivity index is 2.87. The van der Waals surface area contributed by atoms with Gasteiger partial charge in [-0.05, 0) is 15.9 Å². The van der Waals surface area contributed by atoms with Crippen molar-refractivity contribution in [1.82, 2.24) is 4.98 Å². The van der Waals surface area contributed by atoms with E-state index in [0.717, 1.165) is 4.60 Å². The van der Waals surface area contributed by atoms with Crippen LogP contribution >= 0.6 is 27.3 Å². The van der Waals surface area contributed by atoms with Crippen LogP contribution in [-0.2, 0) is 0 Å². The zero-order valence-corrected chi connectivity index (χ0v) is 7.32. The fourth-order valence-electron chi connectivity index (χ4n) is 0.465. The third-order valence-corrected chi connectivity index (χ3v) is 2.54. The standard InChI is InChI=1S/C5H4BrN3S/c6-4-2-10-5(9-4)3(8)1-7/h2-3H,8H2. The van der Waals surface area contributed by atoms with E-state index in [0.29, 0.717) is 5.01 Å². The van der Waals surface area contributed by atoms with Crippen molar-refractivity contribution in [3.63, 3.8) is 0 Å². The zero-order chi connectivity index (χ0) is 7.56. The summed E-state index contributed by atoms with van der Waals surface area (Å²) in [7, 11) is 0. The molecular weight excluding hydrogens is 214 g/mol. The maximum Gasteiger partial charge on any atom is 0.145 e. The molecule has 0 aromatic carbocycles. The summed E-state index contributed by atoms with van der Waals surface area (Å²) in [5, 5.41) is 10.8. The summed E-state index contributed by atoms with van der Waals surface area (Å²) in [6.07, 6.45) is 0. The van der Waals surface area contributed by atoms with E-state index in [9.17, 15) is 0 Å². The van der Waals surface area contributed by atoms with E-state index in [1.54, 1.807) is 5.38 Å². The first-order valence-corrected chi connectivity index (χ1v) is 4.17. The highest BCUT2D eigenvalue weighted by Crippen LogP contribution is 2.18. The molecule has 1 aromatic heterocycles. The van der Waals surface area contributed by atoms with Gasteiger partial charge in [0, 0.05) is 5.38 Å². The maximum atomic E-state index is 8.37. The van der Waals surface area contributed by atoms with Crippen molar-refractivity contribution in [3.05, 3.63) is 15.0 Å². The van der Waals surface area contributed by atoms with Gasteiger partial charge in [0.1, 0.15) is 15.7 Å². The normalized spacial score (nSPS) is 12.5. The summed E-state index contributed by atoms with van der Waals surface area (Å²) < 4.78 is 0.734. The predicted molar refractivity (Wildman–Crippen MR) is 42.4 cm³/mol. The second-order valence-electron chi connectivity index (χ2n) is 1.62. The largest absolute Gasteiger partial charge is 0.310 e. The quantitative estimate of drug-likeness (QED) is 0.775. The highest BCUT2D eigenvalue weighted by molar-refractivity contribution is 9.10. The Labute approximate surface area is 70.6 Å². The number of thiazole rings is 1. The van der Waals surface area contributed by atoms with Gasteiger partial charge in [-0.25, -0.2) is 4.98 Å². The molecule has 1 heterocycles. The van der Waals surface area contributed by atoms with E-state index < -0.39 is 6.04 Å². The molecule has 0 aliphatic carbocycles. The van der Waals surface area contributed by atoms with Crippen LogP contribution in [0.4, 0.5) is 0 Å². The Hall–Kier alpha value is -0.440. The molecule has 1 unspecified atom stereocenters. The molecule has 52 valence electrons. The van der Waals surface area contributed by atoms with E-state index >= 15 is 0 Å². The minimum absolute atomic E-state index is 0.587. The maximum absolute atomic E-state index is 8.37. The van der Waals surface area contributed by atoms with Gasteiger partial charge in [0.05, 0.1) is 6.07 Å². The molecule has 3 nitrogen and oxygen atoms in total. The van der Waals surface area contributed by atoms with Crippen molar-refractivity contribution in [1.29, 1.82) is 5.26 Å². The molecular formula is C5H4BrN3S. The van der Waals surface area contributed by atoms with E-state index in [1.807, 2.05) is 6.07 Å². The Morgan fingerprint density at radius 2 is 2.60 bits per heavy atom. The lowest BCUT2D eigenvalue weighted by Crippen LogP contribution is -2.06. The van der Waals surface area contributed by atoms with Gasteiger partial charge in [-0.2, -0.15) is 5.26 Å². The molecule has 0 amide bonds. The first-order valence-electron chi connectivity index (χ1n) is 2.50. The Bertz CT molecular complexity index is 264. The highest BCUT2D eigenvalue weighted by atomic mass is 79.9. The third-order valence-electron chi connectivity index (χ3n) is 0.899. The van der Waals surface area contributed by atoms with E-state index in [4.69, 9.17) is 11.0 Å². The molecule has 0 radical (unpaired) electrons. The highest BCUT2D eigenvalue weighted by Gasteiger charge is 2.07. The smallest absolute Gasteiger partial charge is 0.145 e. The van der Waals surface area contributed by atoms with Gasteiger partial charge in [0.25, 0.3) is 0 Å². The lowest BCUT2D eigenvalue weighted by Gasteiger charge is -1.92. The summed E-state index contributed by atoms with van der Waals surface area (Å²) in [4.78, 5) is 3.97. The number of halogens is 1. The van der Waals surface area contributed by atoms with Gasteiger partial charge in [0.15, 0.2) is 0 Å². The van der Waals surface area contributed by atoms with Crippen LogP contribution in [0.3, 0.4) is 0 Å². The number of rotatable bonds is 1. The Morgan fingerprint density at radius 3 is 3.00 bits per heavy atom. The van der Waals surface area contributed by atoms with Gasteiger partial charge in [0.2, 0.25) is 0 Å². The van der Waals surface area contributed by atoms with Crippen LogP contribution in [0.2, 0.25) is 0 Å². The third kappa shape index (κ3) is 1.53. The molecule has 2 N–H and O–H groups in total. The molecule has 1 rings (SSSR count). The monoisotopic (exact) mass is 217 g/mol. The van der Waals surface area contributed by atoms with Gasteiger partial charge in [-0.15, -0.1) is 11.3 Å². The average Bonchev–Trinajstić information content (AvgIpc) is 2.34. The second-order valence-corrected chi connectivity index (χ2v) is 3.32.